The van der Waals surface area contributed by atoms with Crippen LogP contribution in [0.25, 0.3) is 10.2 Å². The molecule has 2 aromatic carbocycles. The fourth-order valence-electron chi connectivity index (χ4n) is 4.41. The Morgan fingerprint density at radius 2 is 1.90 bits per heavy atom. The second-order valence-corrected chi connectivity index (χ2v) is 11.0. The Morgan fingerprint density at radius 1 is 1.16 bits per heavy atom. The fraction of sp³-hybridized carbons (Fsp3) is 0.417. The summed E-state index contributed by atoms with van der Waals surface area (Å²) in [7, 11) is 0. The number of carbonyl (C=O) groups excluding carboxylic acids is 1. The monoisotopic (exact) mass is 453 g/mol. The number of rotatable bonds is 6. The van der Waals surface area contributed by atoms with Gasteiger partial charge in [0.1, 0.15) is 0 Å². The van der Waals surface area contributed by atoms with Crippen molar-refractivity contribution in [2.24, 2.45) is 5.41 Å². The van der Waals surface area contributed by atoms with Gasteiger partial charge < -0.3 is 14.7 Å². The summed E-state index contributed by atoms with van der Waals surface area (Å²) in [6.07, 6.45) is 4.65. The van der Waals surface area contributed by atoms with Crippen LogP contribution in [-0.2, 0) is 0 Å². The number of amides is 1. The molecular weight excluding hydrogens is 426 g/mol. The van der Waals surface area contributed by atoms with E-state index in [1.807, 2.05) is 40.7 Å². The molecule has 0 radical (unpaired) electrons. The highest BCUT2D eigenvalue weighted by Gasteiger charge is 2.46. The highest BCUT2D eigenvalue weighted by atomic mass is 32.2. The number of para-hydroxylation sites is 1. The SMILES string of the molecule is CC1(CC2(O)CCN(C(=O)c3ccc(NSc4cccc5scnc45)cc3)CC2)CC1. The van der Waals surface area contributed by atoms with Crippen LogP contribution in [0, 0.1) is 5.41 Å². The molecule has 1 aromatic heterocycles. The van der Waals surface area contributed by atoms with E-state index in [-0.39, 0.29) is 5.91 Å². The average Bonchev–Trinajstić information content (AvgIpc) is 3.28. The van der Waals surface area contributed by atoms with Gasteiger partial charge in [0.15, 0.2) is 0 Å². The van der Waals surface area contributed by atoms with E-state index in [2.05, 4.69) is 28.8 Å². The summed E-state index contributed by atoms with van der Waals surface area (Å²) >= 11 is 3.17. The van der Waals surface area contributed by atoms with Crippen molar-refractivity contribution in [3.8, 4) is 0 Å². The molecule has 31 heavy (non-hydrogen) atoms. The molecule has 1 saturated carbocycles. The zero-order valence-corrected chi connectivity index (χ0v) is 19.3. The first-order chi connectivity index (χ1) is 14.9. The molecule has 2 heterocycles. The highest BCUT2D eigenvalue weighted by molar-refractivity contribution is 8.00. The Bertz CT molecular complexity index is 1080. The van der Waals surface area contributed by atoms with Crippen LogP contribution in [0.2, 0.25) is 0 Å². The van der Waals surface area contributed by atoms with Crippen LogP contribution in [0.15, 0.2) is 52.9 Å². The quantitative estimate of drug-likeness (QED) is 0.478. The van der Waals surface area contributed by atoms with Crippen molar-refractivity contribution in [2.45, 2.75) is 49.5 Å². The molecule has 2 fully saturated rings. The van der Waals surface area contributed by atoms with Crippen LogP contribution in [0.3, 0.4) is 0 Å². The first-order valence-electron chi connectivity index (χ1n) is 10.8. The number of nitrogens with one attached hydrogen (secondary N) is 1. The van der Waals surface area contributed by atoms with E-state index in [0.717, 1.165) is 22.5 Å². The number of likely N-dealkylation sites (tertiary alicyclic amines) is 1. The van der Waals surface area contributed by atoms with E-state index in [1.54, 1.807) is 11.3 Å². The minimum Gasteiger partial charge on any atom is -0.390 e. The van der Waals surface area contributed by atoms with Gasteiger partial charge in [0.25, 0.3) is 5.91 Å². The molecule has 2 N–H and O–H groups in total. The molecule has 5 nitrogen and oxygen atoms in total. The number of fused-ring (bicyclic) bond motifs is 1. The minimum atomic E-state index is -0.604. The van der Waals surface area contributed by atoms with E-state index in [1.165, 1.54) is 29.5 Å². The average molecular weight is 454 g/mol. The van der Waals surface area contributed by atoms with Gasteiger partial charge in [-0.05, 0) is 85.9 Å². The van der Waals surface area contributed by atoms with Crippen LogP contribution >= 0.6 is 23.3 Å². The number of benzene rings is 2. The smallest absolute Gasteiger partial charge is 0.253 e. The van der Waals surface area contributed by atoms with Gasteiger partial charge in [0.2, 0.25) is 0 Å². The molecule has 1 aliphatic heterocycles. The summed E-state index contributed by atoms with van der Waals surface area (Å²) in [5, 5.41) is 10.9. The number of aliphatic hydroxyl groups is 1. The molecule has 0 bridgehead atoms. The maximum absolute atomic E-state index is 12.9. The standard InChI is InChI=1S/C24H27N3O2S2/c1-23(9-10-23)15-24(29)11-13-27(14-12-24)22(28)17-5-7-18(8-6-17)26-31-20-4-2-3-19-21(20)25-16-30-19/h2-8,16,26,29H,9-15H2,1H3. The predicted molar refractivity (Wildman–Crippen MR) is 128 cm³/mol. The molecule has 0 unspecified atom stereocenters. The maximum atomic E-state index is 12.9. The van der Waals surface area contributed by atoms with Crippen molar-refractivity contribution >= 4 is 45.1 Å². The molecule has 3 aromatic rings. The molecule has 2 aliphatic rings. The van der Waals surface area contributed by atoms with Gasteiger partial charge in [-0.1, -0.05) is 13.0 Å². The molecule has 7 heteroatoms. The number of piperidine rings is 1. The lowest BCUT2D eigenvalue weighted by molar-refractivity contribution is -0.0355. The van der Waals surface area contributed by atoms with Crippen LogP contribution in [-0.4, -0.2) is 39.6 Å². The van der Waals surface area contributed by atoms with Gasteiger partial charge >= 0.3 is 0 Å². The van der Waals surface area contributed by atoms with Gasteiger partial charge in [-0.2, -0.15) is 0 Å². The van der Waals surface area contributed by atoms with Crippen molar-refractivity contribution in [1.82, 2.24) is 9.88 Å². The number of carbonyl (C=O) groups is 1. The van der Waals surface area contributed by atoms with E-state index in [9.17, 15) is 9.90 Å². The van der Waals surface area contributed by atoms with Crippen LogP contribution in [0.4, 0.5) is 5.69 Å². The van der Waals surface area contributed by atoms with Crippen molar-refractivity contribution in [2.75, 3.05) is 17.8 Å². The number of nitrogens with zero attached hydrogens (tertiary/aromatic N) is 2. The highest BCUT2D eigenvalue weighted by Crippen LogP contribution is 2.52. The van der Waals surface area contributed by atoms with Gasteiger partial charge in [-0.15, -0.1) is 11.3 Å². The summed E-state index contributed by atoms with van der Waals surface area (Å²) < 4.78 is 4.52. The zero-order valence-electron chi connectivity index (χ0n) is 17.6. The van der Waals surface area contributed by atoms with Gasteiger partial charge in [-0.25, -0.2) is 4.98 Å². The predicted octanol–water partition coefficient (Wildman–Crippen LogP) is 5.57. The Kier molecular flexibility index (Phi) is 5.44. The van der Waals surface area contributed by atoms with Gasteiger partial charge in [0.05, 0.1) is 26.2 Å². The second kappa shape index (κ2) is 8.11. The molecule has 0 spiro atoms. The van der Waals surface area contributed by atoms with E-state index in [4.69, 9.17) is 0 Å². The Labute approximate surface area is 191 Å². The first kappa shape index (κ1) is 20.8. The molecule has 1 amide bonds. The molecule has 0 atom stereocenters. The van der Waals surface area contributed by atoms with Crippen molar-refractivity contribution in [1.29, 1.82) is 0 Å². The largest absolute Gasteiger partial charge is 0.390 e. The lowest BCUT2D eigenvalue weighted by atomic mass is 9.82. The number of hydrogen-bond acceptors (Lipinski definition) is 6. The lowest BCUT2D eigenvalue weighted by Crippen LogP contribution is -2.47. The summed E-state index contributed by atoms with van der Waals surface area (Å²) in [6.45, 7) is 3.51. The van der Waals surface area contributed by atoms with Gasteiger partial charge in [-0.3, -0.25) is 4.79 Å². The number of anilines is 1. The summed E-state index contributed by atoms with van der Waals surface area (Å²) in [4.78, 5) is 20.3. The van der Waals surface area contributed by atoms with Crippen LogP contribution in [0.1, 0.15) is 49.4 Å². The normalized spacial score (nSPS) is 19.4. The van der Waals surface area contributed by atoms with E-state index in [0.29, 0.717) is 36.9 Å². The zero-order chi connectivity index (χ0) is 21.5. The number of thiazole rings is 1. The summed E-state index contributed by atoms with van der Waals surface area (Å²) in [6, 6.07) is 13.8. The summed E-state index contributed by atoms with van der Waals surface area (Å²) in [5.74, 6) is 0.0473. The topological polar surface area (TPSA) is 65.5 Å². The Morgan fingerprint density at radius 3 is 2.61 bits per heavy atom. The Hall–Kier alpha value is -2.09. The van der Waals surface area contributed by atoms with Crippen molar-refractivity contribution < 1.29 is 9.90 Å². The molecule has 5 rings (SSSR count). The maximum Gasteiger partial charge on any atom is 0.253 e. The molecule has 1 saturated heterocycles. The Balaban J connectivity index is 1.17. The fourth-order valence-corrected chi connectivity index (χ4v) is 5.94. The van der Waals surface area contributed by atoms with Gasteiger partial charge in [0, 0.05) is 24.3 Å². The molecular formula is C24H27N3O2S2. The van der Waals surface area contributed by atoms with Crippen molar-refractivity contribution in [3.63, 3.8) is 0 Å². The lowest BCUT2D eigenvalue weighted by Gasteiger charge is -2.39. The van der Waals surface area contributed by atoms with Crippen LogP contribution < -0.4 is 4.72 Å². The van der Waals surface area contributed by atoms with E-state index >= 15 is 0 Å². The molecule has 162 valence electrons. The third kappa shape index (κ3) is 4.59. The van der Waals surface area contributed by atoms with Crippen molar-refractivity contribution in [3.05, 3.63) is 53.5 Å². The first-order valence-corrected chi connectivity index (χ1v) is 12.5. The third-order valence-corrected chi connectivity index (χ3v) is 8.26. The number of aromatic nitrogens is 1. The number of hydrogen-bond donors (Lipinski definition) is 2. The summed E-state index contributed by atoms with van der Waals surface area (Å²) in [5.41, 5.74) is 4.23. The van der Waals surface area contributed by atoms with Crippen LogP contribution in [0.5, 0.6) is 0 Å². The second-order valence-electron chi connectivity index (χ2n) is 9.24. The third-order valence-electron chi connectivity index (χ3n) is 6.57. The van der Waals surface area contributed by atoms with E-state index < -0.39 is 5.60 Å². The molecule has 1 aliphatic carbocycles. The minimum absolute atomic E-state index is 0.0473.